The summed E-state index contributed by atoms with van der Waals surface area (Å²) in [5.41, 5.74) is 0.510. The number of rotatable bonds is 6. The molecule has 3 rings (SSSR count). The number of benzene rings is 2. The molecule has 1 aliphatic rings. The molecule has 0 aromatic heterocycles. The van der Waals surface area contributed by atoms with Crippen LogP contribution in [0.25, 0.3) is 0 Å². The van der Waals surface area contributed by atoms with Crippen molar-refractivity contribution >= 4 is 21.6 Å². The van der Waals surface area contributed by atoms with Crippen molar-refractivity contribution in [3.63, 3.8) is 0 Å². The number of amides is 1. The molecule has 2 atom stereocenters. The van der Waals surface area contributed by atoms with E-state index in [0.717, 1.165) is 18.6 Å². The molecule has 0 aliphatic carbocycles. The van der Waals surface area contributed by atoms with Crippen molar-refractivity contribution < 1.29 is 22.3 Å². The Morgan fingerprint density at radius 2 is 1.83 bits per heavy atom. The lowest BCUT2D eigenvalue weighted by molar-refractivity contribution is 0.102. The predicted octanol–water partition coefficient (Wildman–Crippen LogP) is 4.14. The summed E-state index contributed by atoms with van der Waals surface area (Å²) in [4.78, 5) is 12.3. The zero-order valence-electron chi connectivity index (χ0n) is 17.4. The largest absolute Gasteiger partial charge is 0.492 e. The Labute approximate surface area is 177 Å². The minimum atomic E-state index is -4.05. The van der Waals surface area contributed by atoms with E-state index in [1.165, 1.54) is 10.4 Å². The lowest BCUT2D eigenvalue weighted by Gasteiger charge is -2.34. The molecule has 0 radical (unpaired) electrons. The molecule has 162 valence electrons. The summed E-state index contributed by atoms with van der Waals surface area (Å²) in [6.07, 6.45) is 0.927. The van der Waals surface area contributed by atoms with E-state index in [4.69, 9.17) is 4.74 Å². The van der Waals surface area contributed by atoms with Crippen LogP contribution in [-0.4, -0.2) is 38.3 Å². The highest BCUT2D eigenvalue weighted by Gasteiger charge is 2.33. The standard InChI is InChI=1S/C22H27FN2O4S/c1-4-29-20-8-6-5-7-19(20)24-22(26)17-9-10-18(23)21(12-17)30(27,28)25-13-15(2)11-16(3)14-25/h5-10,12,15-16H,4,11,13-14H2,1-3H3,(H,24,26)/t15-,16-/m1/s1. The zero-order chi connectivity index (χ0) is 21.9. The molecule has 2 aromatic carbocycles. The average Bonchev–Trinajstić information content (AvgIpc) is 2.69. The first-order chi connectivity index (χ1) is 14.2. The smallest absolute Gasteiger partial charge is 0.255 e. The van der Waals surface area contributed by atoms with Crippen molar-refractivity contribution in [3.8, 4) is 5.75 Å². The normalized spacial score (nSPS) is 20.0. The van der Waals surface area contributed by atoms with Gasteiger partial charge >= 0.3 is 0 Å². The van der Waals surface area contributed by atoms with E-state index in [9.17, 15) is 17.6 Å². The Bertz CT molecular complexity index is 1020. The van der Waals surface area contributed by atoms with Crippen LogP contribution >= 0.6 is 0 Å². The highest BCUT2D eigenvalue weighted by molar-refractivity contribution is 7.89. The van der Waals surface area contributed by atoms with Gasteiger partial charge in [-0.25, -0.2) is 12.8 Å². The molecule has 0 unspecified atom stereocenters. The maximum absolute atomic E-state index is 14.5. The van der Waals surface area contributed by atoms with Gasteiger partial charge in [0.05, 0.1) is 12.3 Å². The average molecular weight is 435 g/mol. The second-order valence-corrected chi connectivity index (χ2v) is 9.70. The summed E-state index contributed by atoms with van der Waals surface area (Å²) in [6.45, 7) is 6.90. The third kappa shape index (κ3) is 4.82. The number of nitrogens with zero attached hydrogens (tertiary/aromatic N) is 1. The van der Waals surface area contributed by atoms with Crippen molar-refractivity contribution in [1.82, 2.24) is 4.31 Å². The number of ether oxygens (including phenoxy) is 1. The van der Waals surface area contributed by atoms with Gasteiger partial charge in [-0.05, 0) is 55.5 Å². The Morgan fingerprint density at radius 3 is 2.50 bits per heavy atom. The summed E-state index contributed by atoms with van der Waals surface area (Å²) >= 11 is 0. The van der Waals surface area contributed by atoms with E-state index in [-0.39, 0.29) is 17.4 Å². The summed E-state index contributed by atoms with van der Waals surface area (Å²) in [5, 5.41) is 2.71. The number of halogens is 1. The number of carbonyl (C=O) groups is 1. The van der Waals surface area contributed by atoms with Crippen molar-refractivity contribution in [3.05, 3.63) is 53.8 Å². The topological polar surface area (TPSA) is 75.7 Å². The fraction of sp³-hybridized carbons (Fsp3) is 0.409. The Morgan fingerprint density at radius 1 is 1.17 bits per heavy atom. The molecule has 6 nitrogen and oxygen atoms in total. The Hall–Kier alpha value is -2.45. The number of sulfonamides is 1. The molecule has 0 spiro atoms. The van der Waals surface area contributed by atoms with Gasteiger partial charge in [0.15, 0.2) is 0 Å². The van der Waals surface area contributed by atoms with Crippen LogP contribution in [0.15, 0.2) is 47.4 Å². The first-order valence-electron chi connectivity index (χ1n) is 10.0. The van der Waals surface area contributed by atoms with E-state index < -0.39 is 26.6 Å². The first kappa shape index (κ1) is 22.2. The van der Waals surface area contributed by atoms with Crippen LogP contribution in [0.2, 0.25) is 0 Å². The molecule has 0 bridgehead atoms. The van der Waals surface area contributed by atoms with Gasteiger partial charge in [-0.1, -0.05) is 26.0 Å². The molecular weight excluding hydrogens is 407 g/mol. The molecule has 1 saturated heterocycles. The van der Waals surface area contributed by atoms with Gasteiger partial charge < -0.3 is 10.1 Å². The minimum absolute atomic E-state index is 0.0550. The summed E-state index contributed by atoms with van der Waals surface area (Å²) in [5.74, 6) is -0.535. The molecule has 2 aromatic rings. The fourth-order valence-corrected chi connectivity index (χ4v) is 5.60. The van der Waals surface area contributed by atoms with Crippen molar-refractivity contribution in [2.75, 3.05) is 25.0 Å². The van der Waals surface area contributed by atoms with Crippen molar-refractivity contribution in [2.24, 2.45) is 11.8 Å². The van der Waals surface area contributed by atoms with Gasteiger partial charge in [0.25, 0.3) is 5.91 Å². The van der Waals surface area contributed by atoms with Crippen LogP contribution in [0.3, 0.4) is 0 Å². The SMILES string of the molecule is CCOc1ccccc1NC(=O)c1ccc(F)c(S(=O)(=O)N2C[C@H](C)C[C@@H](C)C2)c1. The molecule has 1 aliphatic heterocycles. The Balaban J connectivity index is 1.89. The summed E-state index contributed by atoms with van der Waals surface area (Å²) in [7, 11) is -4.05. The lowest BCUT2D eigenvalue weighted by Crippen LogP contribution is -2.42. The van der Waals surface area contributed by atoms with E-state index in [0.29, 0.717) is 31.1 Å². The van der Waals surface area contributed by atoms with Crippen LogP contribution in [0.4, 0.5) is 10.1 Å². The lowest BCUT2D eigenvalue weighted by atomic mass is 9.94. The van der Waals surface area contributed by atoms with E-state index >= 15 is 0 Å². The van der Waals surface area contributed by atoms with Gasteiger partial charge in [-0.3, -0.25) is 4.79 Å². The number of piperidine rings is 1. The Kier molecular flexibility index (Phi) is 6.77. The number of anilines is 1. The van der Waals surface area contributed by atoms with Gasteiger partial charge in [-0.2, -0.15) is 4.31 Å². The quantitative estimate of drug-likeness (QED) is 0.741. The molecule has 1 heterocycles. The van der Waals surface area contributed by atoms with Crippen LogP contribution in [0.1, 0.15) is 37.6 Å². The molecule has 0 saturated carbocycles. The maximum Gasteiger partial charge on any atom is 0.255 e. The number of carbonyl (C=O) groups excluding carboxylic acids is 1. The molecule has 1 N–H and O–H groups in total. The third-order valence-electron chi connectivity index (χ3n) is 5.08. The zero-order valence-corrected chi connectivity index (χ0v) is 18.2. The molecule has 1 fully saturated rings. The highest BCUT2D eigenvalue weighted by Crippen LogP contribution is 2.29. The maximum atomic E-state index is 14.5. The second-order valence-electron chi connectivity index (χ2n) is 7.80. The van der Waals surface area contributed by atoms with E-state index in [1.807, 2.05) is 20.8 Å². The van der Waals surface area contributed by atoms with Gasteiger partial charge in [0.1, 0.15) is 16.5 Å². The van der Waals surface area contributed by atoms with Crippen LogP contribution in [0.5, 0.6) is 5.75 Å². The number of hydrogen-bond donors (Lipinski definition) is 1. The fourth-order valence-electron chi connectivity index (χ4n) is 3.83. The van der Waals surface area contributed by atoms with Crippen LogP contribution < -0.4 is 10.1 Å². The molecular formula is C22H27FN2O4S. The summed E-state index contributed by atoms with van der Waals surface area (Å²) in [6, 6.07) is 10.3. The summed E-state index contributed by atoms with van der Waals surface area (Å²) < 4.78 is 47.5. The third-order valence-corrected chi connectivity index (χ3v) is 6.93. The van der Waals surface area contributed by atoms with Crippen molar-refractivity contribution in [1.29, 1.82) is 0 Å². The van der Waals surface area contributed by atoms with E-state index in [2.05, 4.69) is 5.32 Å². The number of nitrogens with one attached hydrogen (secondary N) is 1. The predicted molar refractivity (Wildman–Crippen MR) is 114 cm³/mol. The van der Waals surface area contributed by atoms with Gasteiger partial charge in [0.2, 0.25) is 10.0 Å². The minimum Gasteiger partial charge on any atom is -0.492 e. The van der Waals surface area contributed by atoms with Crippen LogP contribution in [0, 0.1) is 17.7 Å². The monoisotopic (exact) mass is 434 g/mol. The number of hydrogen-bond acceptors (Lipinski definition) is 4. The van der Waals surface area contributed by atoms with Gasteiger partial charge in [0, 0.05) is 18.7 Å². The molecule has 8 heteroatoms. The second kappa shape index (κ2) is 9.14. The molecule has 1 amide bonds. The van der Waals surface area contributed by atoms with Gasteiger partial charge in [-0.15, -0.1) is 0 Å². The van der Waals surface area contributed by atoms with Crippen molar-refractivity contribution in [2.45, 2.75) is 32.1 Å². The first-order valence-corrected chi connectivity index (χ1v) is 11.5. The van der Waals surface area contributed by atoms with E-state index in [1.54, 1.807) is 24.3 Å². The molecule has 30 heavy (non-hydrogen) atoms. The number of para-hydroxylation sites is 2. The van der Waals surface area contributed by atoms with Crippen LogP contribution in [-0.2, 0) is 10.0 Å². The highest BCUT2D eigenvalue weighted by atomic mass is 32.2.